The second kappa shape index (κ2) is 13.8. The summed E-state index contributed by atoms with van der Waals surface area (Å²) in [5.41, 5.74) is 3.06. The minimum absolute atomic E-state index is 0.0569. The van der Waals surface area contributed by atoms with E-state index in [0.29, 0.717) is 27.9 Å². The molecule has 0 radical (unpaired) electrons. The molecule has 0 spiro atoms. The number of carbonyl (C=O) groups is 2. The quantitative estimate of drug-likeness (QED) is 0.114. The summed E-state index contributed by atoms with van der Waals surface area (Å²) >= 11 is 0. The Morgan fingerprint density at radius 1 is 0.660 bits per heavy atom. The van der Waals surface area contributed by atoms with E-state index in [1.807, 2.05) is 24.3 Å². The monoisotopic (exact) mass is 688 g/mol. The van der Waals surface area contributed by atoms with Crippen LogP contribution in [0.2, 0.25) is 0 Å². The predicted octanol–water partition coefficient (Wildman–Crippen LogP) is 9.18. The minimum Gasteiger partial charge on any atom is -0.377 e. The maximum absolute atomic E-state index is 13.6. The molecule has 0 heterocycles. The largest absolute Gasteiger partial charge is 0.416 e. The molecule has 1 aliphatic rings. The lowest BCUT2D eigenvalue weighted by molar-refractivity contribution is -0.141. The lowest BCUT2D eigenvalue weighted by Gasteiger charge is -2.31. The molecule has 256 valence electrons. The molecule has 0 saturated heterocycles. The zero-order valence-corrected chi connectivity index (χ0v) is 26.4. The Morgan fingerprint density at radius 3 is 1.80 bits per heavy atom. The van der Waals surface area contributed by atoms with Crippen molar-refractivity contribution < 1.29 is 40.7 Å². The van der Waals surface area contributed by atoms with E-state index < -0.39 is 41.7 Å². The van der Waals surface area contributed by atoms with Gasteiger partial charge >= 0.3 is 12.4 Å². The number of halogens is 6. The summed E-state index contributed by atoms with van der Waals surface area (Å²) in [5.74, 6) is -1.20. The van der Waals surface area contributed by atoms with Gasteiger partial charge in [0.2, 0.25) is 5.91 Å². The average molecular weight is 689 g/mol. The number of nitrogens with one attached hydrogen (secondary N) is 2. The van der Waals surface area contributed by atoms with E-state index in [1.165, 1.54) is 12.1 Å². The number of carbonyl (C=O) groups excluding carboxylic acids is 2. The van der Waals surface area contributed by atoms with Crippen molar-refractivity contribution in [3.63, 3.8) is 0 Å². The van der Waals surface area contributed by atoms with Crippen LogP contribution in [0.4, 0.5) is 32.0 Å². The Hall–Kier alpha value is -5.42. The lowest BCUT2D eigenvalue weighted by atomic mass is 9.74. The highest BCUT2D eigenvalue weighted by molar-refractivity contribution is 6.08. The fraction of sp³-hybridized carbons (Fsp3) is 0.179. The molecule has 5 nitrogen and oxygen atoms in total. The van der Waals surface area contributed by atoms with Crippen LogP contribution in [0.1, 0.15) is 39.0 Å². The smallest absolute Gasteiger partial charge is 0.377 e. The molecule has 50 heavy (non-hydrogen) atoms. The first kappa shape index (κ1) is 34.4. The number of hydrogen-bond donors (Lipinski definition) is 2. The molecular weight excluding hydrogens is 658 g/mol. The highest BCUT2D eigenvalue weighted by atomic mass is 19.4. The zero-order valence-electron chi connectivity index (χ0n) is 26.4. The molecule has 2 amide bonds. The van der Waals surface area contributed by atoms with Crippen LogP contribution in [0.3, 0.4) is 0 Å². The van der Waals surface area contributed by atoms with Gasteiger partial charge in [-0.25, -0.2) is 0 Å². The van der Waals surface area contributed by atoms with Gasteiger partial charge in [0.15, 0.2) is 0 Å². The standard InChI is InChI=1S/C39H30F6N2O3/c40-38(41,42)24-46-36(49)37(33-11-5-3-8-30(33)31-9-4-6-12-34(31)37)21-22-50-23-25-13-19-28(20-14-25)47-35(48)32-10-2-1-7-29(32)26-15-17-27(18-16-26)39(43,44)45/h1-20H,21-24H2,(H,46,49)(H,47,48). The van der Waals surface area contributed by atoms with Crippen LogP contribution in [-0.4, -0.2) is 31.1 Å². The van der Waals surface area contributed by atoms with E-state index in [9.17, 15) is 35.9 Å². The predicted molar refractivity (Wildman–Crippen MR) is 177 cm³/mol. The molecule has 0 aromatic heterocycles. The van der Waals surface area contributed by atoms with Crippen molar-refractivity contribution >= 4 is 17.5 Å². The van der Waals surface area contributed by atoms with Crippen LogP contribution in [0, 0.1) is 0 Å². The van der Waals surface area contributed by atoms with Crippen LogP contribution >= 0.6 is 0 Å². The Kier molecular flexibility index (Phi) is 9.53. The molecule has 2 N–H and O–H groups in total. The third-order valence-electron chi connectivity index (χ3n) is 8.70. The van der Waals surface area contributed by atoms with E-state index >= 15 is 0 Å². The first-order chi connectivity index (χ1) is 23.9. The van der Waals surface area contributed by atoms with Crippen LogP contribution in [0.25, 0.3) is 22.3 Å². The highest BCUT2D eigenvalue weighted by Gasteiger charge is 2.49. The van der Waals surface area contributed by atoms with Crippen molar-refractivity contribution in [3.8, 4) is 22.3 Å². The van der Waals surface area contributed by atoms with Crippen molar-refractivity contribution in [2.75, 3.05) is 18.5 Å². The van der Waals surface area contributed by atoms with Crippen LogP contribution in [0.15, 0.2) is 121 Å². The fourth-order valence-corrected chi connectivity index (χ4v) is 6.35. The Morgan fingerprint density at radius 2 is 1.22 bits per heavy atom. The van der Waals surface area contributed by atoms with E-state index in [4.69, 9.17) is 4.74 Å². The lowest BCUT2D eigenvalue weighted by Crippen LogP contribution is -2.47. The Balaban J connectivity index is 1.12. The number of fused-ring (bicyclic) bond motifs is 3. The normalized spacial score (nSPS) is 13.3. The maximum Gasteiger partial charge on any atom is 0.416 e. The second-order valence-corrected chi connectivity index (χ2v) is 11.9. The van der Waals surface area contributed by atoms with Gasteiger partial charge in [-0.2, -0.15) is 26.3 Å². The number of amides is 2. The second-order valence-electron chi connectivity index (χ2n) is 11.9. The maximum atomic E-state index is 13.6. The number of rotatable bonds is 10. The van der Waals surface area contributed by atoms with E-state index in [2.05, 4.69) is 10.6 Å². The molecule has 0 atom stereocenters. The summed E-state index contributed by atoms with van der Waals surface area (Å²) in [4.78, 5) is 26.8. The van der Waals surface area contributed by atoms with Gasteiger partial charge < -0.3 is 15.4 Å². The van der Waals surface area contributed by atoms with E-state index in [0.717, 1.165) is 28.8 Å². The summed E-state index contributed by atoms with van der Waals surface area (Å²) in [5, 5.41) is 4.91. The summed E-state index contributed by atoms with van der Waals surface area (Å²) in [6.07, 6.45) is -8.96. The Labute approximate surface area is 283 Å². The number of alkyl halides is 6. The first-order valence-electron chi connectivity index (χ1n) is 15.7. The Bertz CT molecular complexity index is 1960. The van der Waals surface area contributed by atoms with Crippen LogP contribution in [-0.2, 0) is 27.7 Å². The van der Waals surface area contributed by atoms with Gasteiger partial charge in [-0.1, -0.05) is 91.0 Å². The first-order valence-corrected chi connectivity index (χ1v) is 15.7. The molecule has 5 aromatic rings. The van der Waals surface area contributed by atoms with Gasteiger partial charge in [-0.05, 0) is 75.7 Å². The highest BCUT2D eigenvalue weighted by Crippen LogP contribution is 2.51. The molecule has 5 aromatic carbocycles. The van der Waals surface area contributed by atoms with Crippen molar-refractivity contribution in [2.45, 2.75) is 30.8 Å². The van der Waals surface area contributed by atoms with E-state index in [-0.39, 0.29) is 25.2 Å². The summed E-state index contributed by atoms with van der Waals surface area (Å²) in [7, 11) is 0. The molecule has 6 rings (SSSR count). The number of ether oxygens (including phenoxy) is 1. The van der Waals surface area contributed by atoms with Gasteiger partial charge in [0, 0.05) is 17.9 Å². The summed E-state index contributed by atoms with van der Waals surface area (Å²) in [6, 6.07) is 32.4. The molecular formula is C39H30F6N2O3. The molecule has 1 aliphatic carbocycles. The molecule has 11 heteroatoms. The average Bonchev–Trinajstić information content (AvgIpc) is 3.39. The topological polar surface area (TPSA) is 67.4 Å². The molecule has 0 bridgehead atoms. The SMILES string of the molecule is O=C(Nc1ccc(COCCC2(C(=O)NCC(F)(F)F)c3ccccc3-c3ccccc32)cc1)c1ccccc1-c1ccc(C(F)(F)F)cc1. The summed E-state index contributed by atoms with van der Waals surface area (Å²) in [6.45, 7) is -1.27. The van der Waals surface area contributed by atoms with Crippen molar-refractivity contribution in [1.29, 1.82) is 0 Å². The van der Waals surface area contributed by atoms with Crippen molar-refractivity contribution in [1.82, 2.24) is 5.32 Å². The third kappa shape index (κ3) is 7.13. The number of hydrogen-bond acceptors (Lipinski definition) is 3. The van der Waals surface area contributed by atoms with Gasteiger partial charge in [0.1, 0.15) is 12.0 Å². The van der Waals surface area contributed by atoms with Gasteiger partial charge in [0.25, 0.3) is 5.91 Å². The fourth-order valence-electron chi connectivity index (χ4n) is 6.35. The molecule has 0 unspecified atom stereocenters. The number of benzene rings is 5. The molecule has 0 aliphatic heterocycles. The van der Waals surface area contributed by atoms with Gasteiger partial charge in [0.05, 0.1) is 12.2 Å². The van der Waals surface area contributed by atoms with E-state index in [1.54, 1.807) is 72.8 Å². The zero-order chi connectivity index (χ0) is 35.5. The van der Waals surface area contributed by atoms with Gasteiger partial charge in [-0.15, -0.1) is 0 Å². The molecule has 0 fully saturated rings. The third-order valence-corrected chi connectivity index (χ3v) is 8.70. The van der Waals surface area contributed by atoms with Crippen LogP contribution in [0.5, 0.6) is 0 Å². The van der Waals surface area contributed by atoms with Gasteiger partial charge in [-0.3, -0.25) is 9.59 Å². The summed E-state index contributed by atoms with van der Waals surface area (Å²) < 4.78 is 84.5. The minimum atomic E-state index is -4.58. The molecule has 0 saturated carbocycles. The van der Waals surface area contributed by atoms with Crippen molar-refractivity contribution in [3.05, 3.63) is 149 Å². The van der Waals surface area contributed by atoms with Crippen molar-refractivity contribution in [2.24, 2.45) is 0 Å². The number of anilines is 1. The van der Waals surface area contributed by atoms with Crippen LogP contribution < -0.4 is 10.6 Å².